The van der Waals surface area contributed by atoms with Crippen LogP contribution in [0, 0.1) is 0 Å². The van der Waals surface area contributed by atoms with Crippen molar-refractivity contribution in [2.45, 2.75) is 6.18 Å². The molecule has 2 nitrogen and oxygen atoms in total. The molecule has 3 rings (SSSR count). The summed E-state index contributed by atoms with van der Waals surface area (Å²) >= 11 is 0. The van der Waals surface area contributed by atoms with Crippen LogP contribution in [0.3, 0.4) is 0 Å². The number of rotatable bonds is 2. The van der Waals surface area contributed by atoms with Gasteiger partial charge in [-0.25, -0.2) is 0 Å². The highest BCUT2D eigenvalue weighted by Gasteiger charge is 2.31. The number of pyridine rings is 2. The molecular weight excluding hydrogens is 289 g/mol. The van der Waals surface area contributed by atoms with Gasteiger partial charge in [-0.05, 0) is 18.2 Å². The summed E-state index contributed by atoms with van der Waals surface area (Å²) in [5, 5.41) is 0. The van der Waals surface area contributed by atoms with Gasteiger partial charge >= 0.3 is 6.18 Å². The lowest BCUT2D eigenvalue weighted by Gasteiger charge is -2.06. The molecule has 0 amide bonds. The summed E-state index contributed by atoms with van der Waals surface area (Å²) < 4.78 is 40.1. The fourth-order valence-electron chi connectivity index (χ4n) is 2.18. The number of alkyl halides is 3. The second kappa shape index (κ2) is 5.60. The lowest BCUT2D eigenvalue weighted by molar-refractivity contribution is -0.595. The van der Waals surface area contributed by atoms with E-state index in [9.17, 15) is 13.2 Å². The minimum absolute atomic E-state index is 0.459. The molecule has 2 heterocycles. The van der Waals surface area contributed by atoms with Crippen LogP contribution in [0.15, 0.2) is 73.3 Å². The summed E-state index contributed by atoms with van der Waals surface area (Å²) in [6.07, 6.45) is 2.54. The number of halogens is 3. The molecule has 0 spiro atoms. The van der Waals surface area contributed by atoms with Gasteiger partial charge in [0.15, 0.2) is 12.4 Å². The Kier molecular flexibility index (Phi) is 3.63. The number of hydrogen-bond acceptors (Lipinski definition) is 1. The Labute approximate surface area is 125 Å². The lowest BCUT2D eigenvalue weighted by Crippen LogP contribution is -2.30. The third-order valence-corrected chi connectivity index (χ3v) is 3.27. The SMILES string of the molecule is FC(F)(F)c1cccc(-[n+]2cccc(-c3cccnc3)c2)c1. The van der Waals surface area contributed by atoms with Gasteiger partial charge in [0.1, 0.15) is 0 Å². The van der Waals surface area contributed by atoms with Crippen molar-refractivity contribution in [2.24, 2.45) is 0 Å². The predicted octanol–water partition coefficient (Wildman–Crippen LogP) is 4.04. The van der Waals surface area contributed by atoms with Crippen molar-refractivity contribution in [1.29, 1.82) is 0 Å². The summed E-state index contributed by atoms with van der Waals surface area (Å²) in [7, 11) is 0. The lowest BCUT2D eigenvalue weighted by atomic mass is 10.1. The largest absolute Gasteiger partial charge is 0.416 e. The zero-order chi connectivity index (χ0) is 15.6. The first kappa shape index (κ1) is 14.3. The molecule has 0 aliphatic rings. The average molecular weight is 301 g/mol. The van der Waals surface area contributed by atoms with E-state index in [-0.39, 0.29) is 0 Å². The minimum Gasteiger partial charge on any atom is -0.264 e. The molecule has 0 unspecified atom stereocenters. The van der Waals surface area contributed by atoms with Crippen molar-refractivity contribution in [3.63, 3.8) is 0 Å². The fraction of sp³-hybridized carbons (Fsp3) is 0.0588. The molecule has 0 radical (unpaired) electrons. The topological polar surface area (TPSA) is 16.8 Å². The highest BCUT2D eigenvalue weighted by atomic mass is 19.4. The van der Waals surface area contributed by atoms with Crippen LogP contribution in [-0.2, 0) is 6.18 Å². The summed E-state index contributed by atoms with van der Waals surface area (Å²) in [5.74, 6) is 0. The Hall–Kier alpha value is -2.69. The molecule has 110 valence electrons. The zero-order valence-corrected chi connectivity index (χ0v) is 11.5. The van der Waals surface area contributed by atoms with E-state index in [1.54, 1.807) is 41.5 Å². The van der Waals surface area contributed by atoms with Gasteiger partial charge in [-0.15, -0.1) is 0 Å². The highest BCUT2D eigenvalue weighted by molar-refractivity contribution is 5.60. The summed E-state index contributed by atoms with van der Waals surface area (Å²) in [4.78, 5) is 4.05. The van der Waals surface area contributed by atoms with Crippen LogP contribution in [0.5, 0.6) is 0 Å². The van der Waals surface area contributed by atoms with Crippen molar-refractivity contribution in [2.75, 3.05) is 0 Å². The number of aromatic nitrogens is 2. The Morgan fingerprint density at radius 2 is 1.73 bits per heavy atom. The molecule has 1 aromatic carbocycles. The highest BCUT2D eigenvalue weighted by Crippen LogP contribution is 2.29. The number of benzene rings is 1. The van der Waals surface area contributed by atoms with Crippen LogP contribution >= 0.6 is 0 Å². The maximum Gasteiger partial charge on any atom is 0.416 e. The maximum atomic E-state index is 12.8. The monoisotopic (exact) mass is 301 g/mol. The molecular formula is C17H12F3N2+. The first-order valence-corrected chi connectivity index (χ1v) is 6.63. The Bertz CT molecular complexity index is 783. The van der Waals surface area contributed by atoms with Gasteiger partial charge in [0.2, 0.25) is 5.69 Å². The van der Waals surface area contributed by atoms with Crippen LogP contribution in [0.4, 0.5) is 13.2 Å². The minimum atomic E-state index is -4.35. The van der Waals surface area contributed by atoms with E-state index < -0.39 is 11.7 Å². The molecule has 0 aliphatic heterocycles. The second-order valence-corrected chi connectivity index (χ2v) is 4.79. The smallest absolute Gasteiger partial charge is 0.264 e. The summed E-state index contributed by atoms with van der Waals surface area (Å²) in [5.41, 5.74) is 1.58. The molecule has 0 aliphatic carbocycles. The molecule has 2 aromatic heterocycles. The normalized spacial score (nSPS) is 11.4. The van der Waals surface area contributed by atoms with E-state index in [1.807, 2.05) is 18.2 Å². The Morgan fingerprint density at radius 1 is 0.909 bits per heavy atom. The average Bonchev–Trinajstić information content (AvgIpc) is 2.55. The van der Waals surface area contributed by atoms with E-state index in [4.69, 9.17) is 0 Å². The first-order valence-electron chi connectivity index (χ1n) is 6.63. The molecule has 0 saturated heterocycles. The van der Waals surface area contributed by atoms with Crippen LogP contribution in [0.2, 0.25) is 0 Å². The van der Waals surface area contributed by atoms with Crippen LogP contribution in [0.25, 0.3) is 16.8 Å². The van der Waals surface area contributed by atoms with Crippen LogP contribution < -0.4 is 4.57 Å². The van der Waals surface area contributed by atoms with Gasteiger partial charge in [0.05, 0.1) is 5.56 Å². The third kappa shape index (κ3) is 2.98. The van der Waals surface area contributed by atoms with Gasteiger partial charge in [-0.3, -0.25) is 4.98 Å². The van der Waals surface area contributed by atoms with Crippen molar-refractivity contribution in [3.8, 4) is 16.8 Å². The van der Waals surface area contributed by atoms with Gasteiger partial charge in [-0.1, -0.05) is 12.1 Å². The van der Waals surface area contributed by atoms with Crippen molar-refractivity contribution < 1.29 is 17.7 Å². The molecule has 5 heteroatoms. The molecule has 0 fully saturated rings. The Morgan fingerprint density at radius 3 is 2.45 bits per heavy atom. The van der Waals surface area contributed by atoms with Gasteiger partial charge in [-0.2, -0.15) is 17.7 Å². The molecule has 22 heavy (non-hydrogen) atoms. The number of nitrogens with zero attached hydrogens (tertiary/aromatic N) is 2. The first-order chi connectivity index (χ1) is 10.5. The summed E-state index contributed by atoms with van der Waals surface area (Å²) in [6.45, 7) is 0. The quantitative estimate of drug-likeness (QED) is 0.653. The molecule has 0 atom stereocenters. The van der Waals surface area contributed by atoms with Gasteiger partial charge in [0.25, 0.3) is 0 Å². The van der Waals surface area contributed by atoms with Crippen molar-refractivity contribution in [3.05, 3.63) is 78.9 Å². The zero-order valence-electron chi connectivity index (χ0n) is 11.5. The van der Waals surface area contributed by atoms with E-state index >= 15 is 0 Å². The van der Waals surface area contributed by atoms with E-state index in [2.05, 4.69) is 4.98 Å². The second-order valence-electron chi connectivity index (χ2n) is 4.79. The predicted molar refractivity (Wildman–Crippen MR) is 76.2 cm³/mol. The van der Waals surface area contributed by atoms with Crippen LogP contribution in [0.1, 0.15) is 5.56 Å². The number of hydrogen-bond donors (Lipinski definition) is 0. The molecule has 3 aromatic rings. The van der Waals surface area contributed by atoms with E-state index in [0.717, 1.165) is 23.3 Å². The summed E-state index contributed by atoms with van der Waals surface area (Å²) in [6, 6.07) is 12.6. The molecule has 0 N–H and O–H groups in total. The Balaban J connectivity index is 2.03. The van der Waals surface area contributed by atoms with E-state index in [0.29, 0.717) is 5.69 Å². The van der Waals surface area contributed by atoms with Crippen LogP contribution in [-0.4, -0.2) is 4.98 Å². The standard InChI is InChI=1S/C17H12F3N2/c18-17(19,20)15-6-1-7-16(10-15)22-9-3-5-14(12-22)13-4-2-8-21-11-13/h1-12H/q+1. The van der Waals surface area contributed by atoms with Gasteiger partial charge in [0, 0.05) is 41.7 Å². The fourth-order valence-corrected chi connectivity index (χ4v) is 2.18. The molecule has 0 saturated carbocycles. The van der Waals surface area contributed by atoms with Crippen molar-refractivity contribution in [1.82, 2.24) is 4.98 Å². The molecule has 0 bridgehead atoms. The van der Waals surface area contributed by atoms with Gasteiger partial charge < -0.3 is 0 Å². The van der Waals surface area contributed by atoms with E-state index in [1.165, 1.54) is 6.07 Å². The third-order valence-electron chi connectivity index (χ3n) is 3.27. The van der Waals surface area contributed by atoms with Crippen molar-refractivity contribution >= 4 is 0 Å². The maximum absolute atomic E-state index is 12.8.